The zero-order valence-electron chi connectivity index (χ0n) is 15.1. The maximum Gasteiger partial charge on any atom is 0.289 e. The van der Waals surface area contributed by atoms with E-state index in [1.54, 1.807) is 28.0 Å². The molecule has 1 saturated heterocycles. The van der Waals surface area contributed by atoms with Crippen molar-refractivity contribution in [2.45, 2.75) is 26.7 Å². The van der Waals surface area contributed by atoms with Crippen LogP contribution in [-0.4, -0.2) is 47.8 Å². The maximum absolute atomic E-state index is 13.7. The fourth-order valence-electron chi connectivity index (χ4n) is 3.15. The van der Waals surface area contributed by atoms with Gasteiger partial charge in [0.2, 0.25) is 5.91 Å². The number of furan rings is 1. The largest absolute Gasteiger partial charge is 0.456 e. The van der Waals surface area contributed by atoms with Crippen LogP contribution in [0.15, 0.2) is 34.7 Å². The molecule has 1 aromatic carbocycles. The van der Waals surface area contributed by atoms with Gasteiger partial charge in [-0.15, -0.1) is 0 Å². The molecule has 1 fully saturated rings. The van der Waals surface area contributed by atoms with Gasteiger partial charge in [-0.3, -0.25) is 9.59 Å². The number of carbonyl (C=O) groups is 2. The van der Waals surface area contributed by atoms with Gasteiger partial charge in [-0.05, 0) is 24.6 Å². The van der Waals surface area contributed by atoms with Gasteiger partial charge in [-0.1, -0.05) is 25.1 Å². The highest BCUT2D eigenvalue weighted by Crippen LogP contribution is 2.18. The summed E-state index contributed by atoms with van der Waals surface area (Å²) in [6.45, 7) is 5.63. The molecule has 0 N–H and O–H groups in total. The number of hydrogen-bond donors (Lipinski definition) is 0. The molecule has 1 aliphatic heterocycles. The number of carbonyl (C=O) groups excluding carboxylic acids is 2. The van der Waals surface area contributed by atoms with Crippen LogP contribution < -0.4 is 0 Å². The third-order valence-electron chi connectivity index (χ3n) is 4.73. The van der Waals surface area contributed by atoms with Crippen molar-refractivity contribution in [3.05, 3.63) is 58.8 Å². The lowest BCUT2D eigenvalue weighted by molar-refractivity contribution is -0.132. The van der Waals surface area contributed by atoms with Crippen LogP contribution in [0.3, 0.4) is 0 Å². The molecule has 3 rings (SSSR count). The Balaban J connectivity index is 1.58. The first-order chi connectivity index (χ1) is 12.5. The molecular weight excluding hydrogens is 335 g/mol. The quantitative estimate of drug-likeness (QED) is 0.845. The van der Waals surface area contributed by atoms with E-state index in [9.17, 15) is 14.0 Å². The zero-order chi connectivity index (χ0) is 18.7. The molecule has 138 valence electrons. The molecule has 0 atom stereocenters. The highest BCUT2D eigenvalue weighted by Gasteiger charge is 2.27. The number of halogens is 1. The van der Waals surface area contributed by atoms with E-state index in [-0.39, 0.29) is 24.1 Å². The summed E-state index contributed by atoms with van der Waals surface area (Å²) in [5.74, 6) is 0.556. The second kappa shape index (κ2) is 7.72. The Labute approximate surface area is 152 Å². The molecule has 0 bridgehead atoms. The third kappa shape index (κ3) is 3.79. The Kier molecular flexibility index (Phi) is 5.40. The summed E-state index contributed by atoms with van der Waals surface area (Å²) in [5.41, 5.74) is 1.24. The lowest BCUT2D eigenvalue weighted by Crippen LogP contribution is -2.51. The summed E-state index contributed by atoms with van der Waals surface area (Å²) in [5, 5.41) is 0. The van der Waals surface area contributed by atoms with Gasteiger partial charge in [0.25, 0.3) is 5.91 Å². The lowest BCUT2D eigenvalue weighted by atomic mass is 10.1. The molecule has 26 heavy (non-hydrogen) atoms. The first-order valence-electron chi connectivity index (χ1n) is 8.89. The average molecular weight is 358 g/mol. The molecule has 0 aliphatic carbocycles. The van der Waals surface area contributed by atoms with Crippen LogP contribution in [0, 0.1) is 12.7 Å². The van der Waals surface area contributed by atoms with Crippen molar-refractivity contribution >= 4 is 11.8 Å². The van der Waals surface area contributed by atoms with Crippen LogP contribution in [-0.2, 0) is 17.6 Å². The van der Waals surface area contributed by atoms with E-state index in [0.29, 0.717) is 37.5 Å². The number of nitrogens with zero attached hydrogens (tertiary/aromatic N) is 2. The fourth-order valence-corrected chi connectivity index (χ4v) is 3.15. The molecule has 1 aromatic heterocycles. The molecule has 5 nitrogen and oxygen atoms in total. The van der Waals surface area contributed by atoms with E-state index in [4.69, 9.17) is 4.42 Å². The molecule has 6 heteroatoms. The molecule has 0 unspecified atom stereocenters. The number of hydrogen-bond acceptors (Lipinski definition) is 3. The van der Waals surface area contributed by atoms with Gasteiger partial charge < -0.3 is 14.2 Å². The number of amides is 2. The summed E-state index contributed by atoms with van der Waals surface area (Å²) >= 11 is 0. The summed E-state index contributed by atoms with van der Waals surface area (Å²) in [6, 6.07) is 8.20. The molecule has 0 spiro atoms. The highest BCUT2D eigenvalue weighted by atomic mass is 19.1. The highest BCUT2D eigenvalue weighted by molar-refractivity contribution is 5.93. The molecule has 0 saturated carbocycles. The number of piperazine rings is 1. The van der Waals surface area contributed by atoms with Gasteiger partial charge >= 0.3 is 0 Å². The predicted molar refractivity (Wildman–Crippen MR) is 95.4 cm³/mol. The average Bonchev–Trinajstić information content (AvgIpc) is 3.04. The zero-order valence-corrected chi connectivity index (χ0v) is 15.1. The monoisotopic (exact) mass is 358 g/mol. The number of rotatable bonds is 4. The summed E-state index contributed by atoms with van der Waals surface area (Å²) in [6.07, 6.45) is 0.782. The van der Waals surface area contributed by atoms with Gasteiger partial charge in [0.05, 0.1) is 6.42 Å². The van der Waals surface area contributed by atoms with E-state index in [2.05, 4.69) is 0 Å². The minimum absolute atomic E-state index is 0.0395. The second-order valence-electron chi connectivity index (χ2n) is 6.52. The van der Waals surface area contributed by atoms with Crippen LogP contribution in [0.2, 0.25) is 0 Å². The maximum atomic E-state index is 13.7. The summed E-state index contributed by atoms with van der Waals surface area (Å²) < 4.78 is 19.3. The molecule has 1 aliphatic rings. The normalized spacial score (nSPS) is 14.6. The Hall–Kier alpha value is -2.63. The van der Waals surface area contributed by atoms with Crippen molar-refractivity contribution in [3.8, 4) is 0 Å². The van der Waals surface area contributed by atoms with Crippen LogP contribution in [0.1, 0.15) is 34.4 Å². The van der Waals surface area contributed by atoms with E-state index in [1.807, 2.05) is 19.9 Å². The molecule has 2 heterocycles. The van der Waals surface area contributed by atoms with Crippen LogP contribution in [0.5, 0.6) is 0 Å². The second-order valence-corrected chi connectivity index (χ2v) is 6.52. The van der Waals surface area contributed by atoms with Crippen molar-refractivity contribution in [3.63, 3.8) is 0 Å². The Morgan fingerprint density at radius 2 is 1.77 bits per heavy atom. The topological polar surface area (TPSA) is 53.8 Å². The smallest absolute Gasteiger partial charge is 0.289 e. The first kappa shape index (κ1) is 18.2. The van der Waals surface area contributed by atoms with Crippen LogP contribution in [0.4, 0.5) is 4.39 Å². The fraction of sp³-hybridized carbons (Fsp3) is 0.400. The molecular formula is C20H23FN2O3. The van der Waals surface area contributed by atoms with Gasteiger partial charge in [0, 0.05) is 38.2 Å². The lowest BCUT2D eigenvalue weighted by Gasteiger charge is -2.34. The number of aryl methyl sites for hydroxylation is 2. The van der Waals surface area contributed by atoms with Gasteiger partial charge in [0.1, 0.15) is 11.6 Å². The Bertz CT molecular complexity index is 807. The SMILES string of the molecule is CCc1cc(C)c(C(=O)N2CCN(C(=O)Cc3ccccc3F)CC2)o1. The summed E-state index contributed by atoms with van der Waals surface area (Å²) in [7, 11) is 0. The van der Waals surface area contributed by atoms with Gasteiger partial charge in [0.15, 0.2) is 5.76 Å². The Morgan fingerprint density at radius 1 is 1.12 bits per heavy atom. The summed E-state index contributed by atoms with van der Waals surface area (Å²) in [4.78, 5) is 28.4. The minimum Gasteiger partial charge on any atom is -0.456 e. The van der Waals surface area contributed by atoms with Crippen molar-refractivity contribution in [2.24, 2.45) is 0 Å². The first-order valence-corrected chi connectivity index (χ1v) is 8.89. The van der Waals surface area contributed by atoms with Crippen LogP contribution in [0.25, 0.3) is 0 Å². The Morgan fingerprint density at radius 3 is 2.38 bits per heavy atom. The standard InChI is InChI=1S/C20H23FN2O3/c1-3-16-12-14(2)19(26-16)20(25)23-10-8-22(9-11-23)18(24)13-15-6-4-5-7-17(15)21/h4-7,12H,3,8-11,13H2,1-2H3. The van der Waals surface area contributed by atoms with Crippen molar-refractivity contribution in [1.29, 1.82) is 0 Å². The van der Waals surface area contributed by atoms with Crippen LogP contribution >= 0.6 is 0 Å². The van der Waals surface area contributed by atoms with Gasteiger partial charge in [-0.25, -0.2) is 4.39 Å². The van der Waals surface area contributed by atoms with E-state index < -0.39 is 0 Å². The van der Waals surface area contributed by atoms with Crippen molar-refractivity contribution < 1.29 is 18.4 Å². The van der Waals surface area contributed by atoms with Crippen molar-refractivity contribution in [1.82, 2.24) is 9.80 Å². The van der Waals surface area contributed by atoms with E-state index >= 15 is 0 Å². The minimum atomic E-state index is -0.366. The molecule has 2 aromatic rings. The van der Waals surface area contributed by atoms with Crippen molar-refractivity contribution in [2.75, 3.05) is 26.2 Å². The van der Waals surface area contributed by atoms with Gasteiger partial charge in [-0.2, -0.15) is 0 Å². The molecule has 0 radical (unpaired) electrons. The molecule has 2 amide bonds. The van der Waals surface area contributed by atoms with E-state index in [1.165, 1.54) is 6.07 Å². The van der Waals surface area contributed by atoms with E-state index in [0.717, 1.165) is 17.7 Å². The number of benzene rings is 1. The third-order valence-corrected chi connectivity index (χ3v) is 4.73. The predicted octanol–water partition coefficient (Wildman–Crippen LogP) is 2.82.